The van der Waals surface area contributed by atoms with Crippen molar-refractivity contribution in [2.75, 3.05) is 5.73 Å². The standard InChI is InChI=1S/C18H19NO2/c19-17-8-5-13(6-9-17)11-18(20)21-12-14-4-7-15-2-1-3-16(15)10-14/h4-10H,1-3,11-12,19H2. The Bertz CT molecular complexity index is 647. The van der Waals surface area contributed by atoms with Crippen LogP contribution in [0.4, 0.5) is 5.69 Å². The molecule has 2 aromatic rings. The van der Waals surface area contributed by atoms with Gasteiger partial charge in [-0.3, -0.25) is 4.79 Å². The maximum absolute atomic E-state index is 11.9. The van der Waals surface area contributed by atoms with Crippen molar-refractivity contribution >= 4 is 11.7 Å². The van der Waals surface area contributed by atoms with Crippen LogP contribution < -0.4 is 5.73 Å². The number of anilines is 1. The fourth-order valence-electron chi connectivity index (χ4n) is 2.73. The second-order valence-corrected chi connectivity index (χ2v) is 5.54. The molecule has 2 N–H and O–H groups in total. The van der Waals surface area contributed by atoms with Gasteiger partial charge in [0, 0.05) is 5.69 Å². The number of fused-ring (bicyclic) bond motifs is 1. The highest BCUT2D eigenvalue weighted by Gasteiger charge is 2.11. The number of aryl methyl sites for hydroxylation is 2. The van der Waals surface area contributed by atoms with Gasteiger partial charge in [0.15, 0.2) is 0 Å². The van der Waals surface area contributed by atoms with Gasteiger partial charge in [-0.1, -0.05) is 30.3 Å². The van der Waals surface area contributed by atoms with E-state index in [2.05, 4.69) is 18.2 Å². The van der Waals surface area contributed by atoms with Crippen molar-refractivity contribution in [3.63, 3.8) is 0 Å². The van der Waals surface area contributed by atoms with Crippen LogP contribution in [0.25, 0.3) is 0 Å². The van der Waals surface area contributed by atoms with Gasteiger partial charge in [0.1, 0.15) is 6.61 Å². The second-order valence-electron chi connectivity index (χ2n) is 5.54. The lowest BCUT2D eigenvalue weighted by Crippen LogP contribution is -2.08. The van der Waals surface area contributed by atoms with Gasteiger partial charge in [-0.2, -0.15) is 0 Å². The third-order valence-corrected chi connectivity index (χ3v) is 3.89. The summed E-state index contributed by atoms with van der Waals surface area (Å²) in [6.07, 6.45) is 3.83. The minimum atomic E-state index is -0.208. The summed E-state index contributed by atoms with van der Waals surface area (Å²) in [6.45, 7) is 0.348. The van der Waals surface area contributed by atoms with Gasteiger partial charge < -0.3 is 10.5 Å². The second kappa shape index (κ2) is 6.00. The van der Waals surface area contributed by atoms with Gasteiger partial charge in [-0.15, -0.1) is 0 Å². The summed E-state index contributed by atoms with van der Waals surface area (Å²) in [4.78, 5) is 11.9. The van der Waals surface area contributed by atoms with Crippen LogP contribution in [0.3, 0.4) is 0 Å². The topological polar surface area (TPSA) is 52.3 Å². The summed E-state index contributed by atoms with van der Waals surface area (Å²) >= 11 is 0. The number of hydrogen-bond donors (Lipinski definition) is 1. The molecule has 0 bridgehead atoms. The smallest absolute Gasteiger partial charge is 0.310 e. The molecule has 108 valence electrons. The molecule has 0 amide bonds. The zero-order valence-electron chi connectivity index (χ0n) is 12.0. The minimum Gasteiger partial charge on any atom is -0.461 e. The molecular weight excluding hydrogens is 262 g/mol. The lowest BCUT2D eigenvalue weighted by atomic mass is 10.1. The molecule has 0 aliphatic heterocycles. The van der Waals surface area contributed by atoms with E-state index in [0.717, 1.165) is 17.5 Å². The first-order chi connectivity index (χ1) is 10.2. The molecule has 3 nitrogen and oxygen atoms in total. The van der Waals surface area contributed by atoms with E-state index >= 15 is 0 Å². The van der Waals surface area contributed by atoms with Crippen LogP contribution in [0.15, 0.2) is 42.5 Å². The zero-order valence-corrected chi connectivity index (χ0v) is 12.0. The van der Waals surface area contributed by atoms with E-state index in [1.54, 1.807) is 12.1 Å². The number of benzene rings is 2. The predicted octanol–water partition coefficient (Wildman–Crippen LogP) is 3.04. The minimum absolute atomic E-state index is 0.208. The molecule has 0 atom stereocenters. The molecule has 0 saturated carbocycles. The maximum Gasteiger partial charge on any atom is 0.310 e. The zero-order chi connectivity index (χ0) is 14.7. The number of nitrogens with two attached hydrogens (primary N) is 1. The molecule has 0 spiro atoms. The van der Waals surface area contributed by atoms with Crippen molar-refractivity contribution in [1.29, 1.82) is 0 Å². The monoisotopic (exact) mass is 281 g/mol. The Balaban J connectivity index is 1.55. The van der Waals surface area contributed by atoms with E-state index in [0.29, 0.717) is 12.3 Å². The highest BCUT2D eigenvalue weighted by molar-refractivity contribution is 5.72. The summed E-state index contributed by atoms with van der Waals surface area (Å²) < 4.78 is 5.35. The van der Waals surface area contributed by atoms with Gasteiger partial charge in [0.25, 0.3) is 0 Å². The van der Waals surface area contributed by atoms with Gasteiger partial charge in [0.05, 0.1) is 6.42 Å². The molecule has 1 aliphatic carbocycles. The molecular formula is C18H19NO2. The molecule has 0 fully saturated rings. The third-order valence-electron chi connectivity index (χ3n) is 3.89. The fourth-order valence-corrected chi connectivity index (χ4v) is 2.73. The van der Waals surface area contributed by atoms with Crippen LogP contribution in [-0.4, -0.2) is 5.97 Å². The Morgan fingerprint density at radius 2 is 1.71 bits per heavy atom. The Morgan fingerprint density at radius 1 is 1.00 bits per heavy atom. The summed E-state index contributed by atoms with van der Waals surface area (Å²) in [5.74, 6) is -0.208. The summed E-state index contributed by atoms with van der Waals surface area (Å²) in [6, 6.07) is 13.7. The normalized spacial score (nSPS) is 13.0. The van der Waals surface area contributed by atoms with Crippen molar-refractivity contribution in [1.82, 2.24) is 0 Å². The molecule has 3 heteroatoms. The van der Waals surface area contributed by atoms with Crippen molar-refractivity contribution in [3.05, 3.63) is 64.7 Å². The van der Waals surface area contributed by atoms with E-state index in [1.165, 1.54) is 24.0 Å². The molecule has 0 heterocycles. The van der Waals surface area contributed by atoms with Crippen LogP contribution >= 0.6 is 0 Å². The highest BCUT2D eigenvalue weighted by atomic mass is 16.5. The number of rotatable bonds is 4. The van der Waals surface area contributed by atoms with Crippen molar-refractivity contribution in [2.24, 2.45) is 0 Å². The largest absolute Gasteiger partial charge is 0.461 e. The van der Waals surface area contributed by atoms with Crippen LogP contribution in [0.1, 0.15) is 28.7 Å². The number of carbonyl (C=O) groups is 1. The van der Waals surface area contributed by atoms with E-state index < -0.39 is 0 Å². The Kier molecular flexibility index (Phi) is 3.91. The van der Waals surface area contributed by atoms with Gasteiger partial charge in [0.2, 0.25) is 0 Å². The Hall–Kier alpha value is -2.29. The number of esters is 1. The third kappa shape index (κ3) is 3.43. The maximum atomic E-state index is 11.9. The predicted molar refractivity (Wildman–Crippen MR) is 82.8 cm³/mol. The molecule has 21 heavy (non-hydrogen) atoms. The van der Waals surface area contributed by atoms with Crippen molar-refractivity contribution in [2.45, 2.75) is 32.3 Å². The Morgan fingerprint density at radius 3 is 2.52 bits per heavy atom. The fraction of sp³-hybridized carbons (Fsp3) is 0.278. The molecule has 0 unspecified atom stereocenters. The molecule has 0 saturated heterocycles. The average Bonchev–Trinajstić information content (AvgIpc) is 2.95. The number of ether oxygens (including phenoxy) is 1. The van der Waals surface area contributed by atoms with Gasteiger partial charge >= 0.3 is 5.97 Å². The van der Waals surface area contributed by atoms with E-state index in [1.807, 2.05) is 12.1 Å². The quantitative estimate of drug-likeness (QED) is 0.692. The lowest BCUT2D eigenvalue weighted by Gasteiger charge is -2.07. The first kappa shape index (κ1) is 13.7. The first-order valence-corrected chi connectivity index (χ1v) is 7.31. The van der Waals surface area contributed by atoms with Crippen molar-refractivity contribution < 1.29 is 9.53 Å². The molecule has 3 rings (SSSR count). The SMILES string of the molecule is Nc1ccc(CC(=O)OCc2ccc3c(c2)CCC3)cc1. The Labute approximate surface area is 124 Å². The average molecular weight is 281 g/mol. The van der Waals surface area contributed by atoms with E-state index in [-0.39, 0.29) is 12.4 Å². The number of nitrogen functional groups attached to an aromatic ring is 1. The first-order valence-electron chi connectivity index (χ1n) is 7.31. The van der Waals surface area contributed by atoms with Crippen LogP contribution in [-0.2, 0) is 35.4 Å². The van der Waals surface area contributed by atoms with Crippen LogP contribution in [0.2, 0.25) is 0 Å². The summed E-state index contributed by atoms with van der Waals surface area (Å²) in [7, 11) is 0. The van der Waals surface area contributed by atoms with Gasteiger partial charge in [-0.25, -0.2) is 0 Å². The number of hydrogen-bond acceptors (Lipinski definition) is 3. The van der Waals surface area contributed by atoms with E-state index in [4.69, 9.17) is 10.5 Å². The lowest BCUT2D eigenvalue weighted by molar-refractivity contribution is -0.144. The van der Waals surface area contributed by atoms with Gasteiger partial charge in [-0.05, 0) is 53.6 Å². The summed E-state index contributed by atoms with van der Waals surface area (Å²) in [5.41, 5.74) is 11.2. The van der Waals surface area contributed by atoms with Crippen LogP contribution in [0, 0.1) is 0 Å². The summed E-state index contributed by atoms with van der Waals surface area (Å²) in [5, 5.41) is 0. The molecule has 0 radical (unpaired) electrons. The van der Waals surface area contributed by atoms with Crippen LogP contribution in [0.5, 0.6) is 0 Å². The van der Waals surface area contributed by atoms with Crippen molar-refractivity contribution in [3.8, 4) is 0 Å². The highest BCUT2D eigenvalue weighted by Crippen LogP contribution is 2.23. The number of carbonyl (C=O) groups excluding carboxylic acids is 1. The van der Waals surface area contributed by atoms with E-state index in [9.17, 15) is 4.79 Å². The molecule has 1 aliphatic rings. The molecule has 2 aromatic carbocycles. The molecule has 0 aromatic heterocycles.